The van der Waals surface area contributed by atoms with Gasteiger partial charge in [-0.3, -0.25) is 9.78 Å². The number of carbonyl (C=O) groups is 1. The number of amides is 1. The van der Waals surface area contributed by atoms with Gasteiger partial charge < -0.3 is 10.5 Å². The molecule has 0 radical (unpaired) electrons. The van der Waals surface area contributed by atoms with E-state index in [9.17, 15) is 26.4 Å². The van der Waals surface area contributed by atoms with Crippen LogP contribution in [0.15, 0.2) is 23.2 Å². The molecule has 1 amide bonds. The van der Waals surface area contributed by atoms with Gasteiger partial charge in [0, 0.05) is 12.7 Å². The number of morpholine rings is 1. The molecule has 1 fully saturated rings. The van der Waals surface area contributed by atoms with E-state index in [1.807, 2.05) is 0 Å². The third-order valence-electron chi connectivity index (χ3n) is 3.03. The van der Waals surface area contributed by atoms with E-state index < -0.39 is 38.7 Å². The second-order valence-electron chi connectivity index (χ2n) is 4.46. The average Bonchev–Trinajstić information content (AvgIpc) is 2.46. The van der Waals surface area contributed by atoms with Gasteiger partial charge in [-0.15, -0.1) is 0 Å². The standard InChI is InChI=1S/C11H12F3N3O4S/c12-11(13,14)9-8(2-1-3-16-9)22(19,20)17-4-5-21-6-7(17)10(15)18/h1-3,7H,4-6H2,(H2,15,18). The topological polar surface area (TPSA) is 103 Å². The van der Waals surface area contributed by atoms with Crippen molar-refractivity contribution in [3.05, 3.63) is 24.0 Å². The fourth-order valence-corrected chi connectivity index (χ4v) is 3.77. The number of ether oxygens (including phenoxy) is 1. The Balaban J connectivity index is 2.53. The van der Waals surface area contributed by atoms with Crippen LogP contribution in [-0.2, 0) is 25.7 Å². The molecule has 2 N–H and O–H groups in total. The van der Waals surface area contributed by atoms with Gasteiger partial charge >= 0.3 is 6.18 Å². The second-order valence-corrected chi connectivity index (χ2v) is 6.32. The minimum absolute atomic E-state index is 0.0510. The Kier molecular flexibility index (Phi) is 4.40. The molecule has 1 aromatic rings. The van der Waals surface area contributed by atoms with Crippen molar-refractivity contribution in [3.8, 4) is 0 Å². The van der Waals surface area contributed by atoms with Gasteiger partial charge in [-0.2, -0.15) is 17.5 Å². The maximum Gasteiger partial charge on any atom is 0.434 e. The summed E-state index contributed by atoms with van der Waals surface area (Å²) in [5.74, 6) is -0.999. The van der Waals surface area contributed by atoms with E-state index >= 15 is 0 Å². The Morgan fingerprint density at radius 1 is 1.45 bits per heavy atom. The molecular weight excluding hydrogens is 327 g/mol. The summed E-state index contributed by atoms with van der Waals surface area (Å²) in [5, 5.41) is 0. The smallest absolute Gasteiger partial charge is 0.378 e. The lowest BCUT2D eigenvalue weighted by Crippen LogP contribution is -2.54. The zero-order valence-electron chi connectivity index (χ0n) is 11.1. The monoisotopic (exact) mass is 339 g/mol. The summed E-state index contributed by atoms with van der Waals surface area (Å²) < 4.78 is 69.4. The summed E-state index contributed by atoms with van der Waals surface area (Å²) >= 11 is 0. The maximum absolute atomic E-state index is 12.9. The summed E-state index contributed by atoms with van der Waals surface area (Å²) in [6, 6.07) is 0.501. The zero-order chi connectivity index (χ0) is 16.5. The van der Waals surface area contributed by atoms with Crippen LogP contribution in [0.5, 0.6) is 0 Å². The maximum atomic E-state index is 12.9. The number of pyridine rings is 1. The van der Waals surface area contributed by atoms with Crippen molar-refractivity contribution in [3.63, 3.8) is 0 Å². The number of carbonyl (C=O) groups excluding carboxylic acids is 1. The van der Waals surface area contributed by atoms with Gasteiger partial charge in [0.25, 0.3) is 0 Å². The van der Waals surface area contributed by atoms with Gasteiger partial charge in [-0.05, 0) is 12.1 Å². The lowest BCUT2D eigenvalue weighted by molar-refractivity contribution is -0.143. The van der Waals surface area contributed by atoms with Gasteiger partial charge in [0.2, 0.25) is 15.9 Å². The highest BCUT2D eigenvalue weighted by atomic mass is 32.2. The molecule has 7 nitrogen and oxygen atoms in total. The van der Waals surface area contributed by atoms with Gasteiger partial charge in [-0.1, -0.05) is 0 Å². The van der Waals surface area contributed by atoms with Crippen LogP contribution in [0.3, 0.4) is 0 Å². The van der Waals surface area contributed by atoms with Crippen molar-refractivity contribution in [2.75, 3.05) is 19.8 Å². The Morgan fingerprint density at radius 2 is 2.14 bits per heavy atom. The number of primary amides is 1. The molecule has 0 bridgehead atoms. The van der Waals surface area contributed by atoms with E-state index in [4.69, 9.17) is 10.5 Å². The fourth-order valence-electron chi connectivity index (χ4n) is 2.04. The molecule has 1 aliphatic rings. The van der Waals surface area contributed by atoms with Crippen molar-refractivity contribution < 1.29 is 31.1 Å². The molecule has 22 heavy (non-hydrogen) atoms. The number of sulfonamides is 1. The molecule has 0 spiro atoms. The molecule has 1 saturated heterocycles. The van der Waals surface area contributed by atoms with Crippen molar-refractivity contribution >= 4 is 15.9 Å². The zero-order valence-corrected chi connectivity index (χ0v) is 11.9. The summed E-state index contributed by atoms with van der Waals surface area (Å²) in [6.45, 7) is -0.636. The first-order valence-electron chi connectivity index (χ1n) is 6.07. The predicted molar refractivity (Wildman–Crippen MR) is 66.9 cm³/mol. The van der Waals surface area contributed by atoms with Crippen molar-refractivity contribution in [1.29, 1.82) is 0 Å². The Hall–Kier alpha value is -1.72. The first-order valence-corrected chi connectivity index (χ1v) is 7.51. The van der Waals surface area contributed by atoms with Crippen LogP contribution in [0, 0.1) is 0 Å². The normalized spacial score (nSPS) is 20.8. The number of halogens is 3. The van der Waals surface area contributed by atoms with Crippen LogP contribution in [0.4, 0.5) is 13.2 Å². The molecule has 1 aliphatic heterocycles. The molecule has 2 rings (SSSR count). The van der Waals surface area contributed by atoms with Crippen molar-refractivity contribution in [2.45, 2.75) is 17.1 Å². The SMILES string of the molecule is NC(=O)C1COCCN1S(=O)(=O)c1cccnc1C(F)(F)F. The van der Waals surface area contributed by atoms with Gasteiger partial charge in [0.1, 0.15) is 10.9 Å². The van der Waals surface area contributed by atoms with E-state index in [1.165, 1.54) is 0 Å². The van der Waals surface area contributed by atoms with Crippen LogP contribution >= 0.6 is 0 Å². The third-order valence-corrected chi connectivity index (χ3v) is 4.97. The molecule has 2 heterocycles. The van der Waals surface area contributed by atoms with Gasteiger partial charge in [0.15, 0.2) is 5.69 Å². The van der Waals surface area contributed by atoms with E-state index in [2.05, 4.69) is 4.98 Å². The molecule has 0 aromatic carbocycles. The highest BCUT2D eigenvalue weighted by Gasteiger charge is 2.44. The second kappa shape index (κ2) is 5.82. The number of nitrogens with two attached hydrogens (primary N) is 1. The summed E-state index contributed by atoms with van der Waals surface area (Å²) in [4.78, 5) is 13.4. The third kappa shape index (κ3) is 3.05. The average molecular weight is 339 g/mol. The van der Waals surface area contributed by atoms with Crippen molar-refractivity contribution in [1.82, 2.24) is 9.29 Å². The first kappa shape index (κ1) is 16.6. The number of alkyl halides is 3. The summed E-state index contributed by atoms with van der Waals surface area (Å²) in [6.07, 6.45) is -4.11. The molecule has 0 aliphatic carbocycles. The number of nitrogens with zero attached hydrogens (tertiary/aromatic N) is 2. The Labute approximate surface area is 123 Å². The molecule has 11 heteroatoms. The summed E-state index contributed by atoms with van der Waals surface area (Å²) in [7, 11) is -4.60. The van der Waals surface area contributed by atoms with Crippen LogP contribution in [0.2, 0.25) is 0 Å². The minimum atomic E-state index is -4.95. The van der Waals surface area contributed by atoms with Crippen molar-refractivity contribution in [2.24, 2.45) is 5.73 Å². The lowest BCUT2D eigenvalue weighted by atomic mass is 10.3. The van der Waals surface area contributed by atoms with Gasteiger partial charge in [0.05, 0.1) is 13.2 Å². The highest BCUT2D eigenvalue weighted by Crippen LogP contribution is 2.34. The van der Waals surface area contributed by atoms with E-state index in [-0.39, 0.29) is 19.8 Å². The number of rotatable bonds is 3. The lowest BCUT2D eigenvalue weighted by Gasteiger charge is -2.32. The van der Waals surface area contributed by atoms with Crippen LogP contribution in [0.1, 0.15) is 5.69 Å². The molecule has 1 atom stereocenters. The van der Waals surface area contributed by atoms with Crippen LogP contribution in [0.25, 0.3) is 0 Å². The molecule has 0 saturated carbocycles. The molecular formula is C11H12F3N3O4S. The van der Waals surface area contributed by atoms with Crippen LogP contribution in [-0.4, -0.2) is 49.4 Å². The van der Waals surface area contributed by atoms with Crippen LogP contribution < -0.4 is 5.73 Å². The number of hydrogen-bond donors (Lipinski definition) is 1. The Morgan fingerprint density at radius 3 is 2.73 bits per heavy atom. The van der Waals surface area contributed by atoms with E-state index in [0.717, 1.165) is 18.3 Å². The van der Waals surface area contributed by atoms with Gasteiger partial charge in [-0.25, -0.2) is 8.42 Å². The summed E-state index contributed by atoms with van der Waals surface area (Å²) in [5.41, 5.74) is 3.56. The first-order chi connectivity index (χ1) is 10.2. The predicted octanol–water partition coefficient (Wildman–Crippen LogP) is -0.0248. The van der Waals surface area contributed by atoms with E-state index in [0.29, 0.717) is 4.31 Å². The molecule has 1 aromatic heterocycles. The minimum Gasteiger partial charge on any atom is -0.378 e. The highest BCUT2D eigenvalue weighted by molar-refractivity contribution is 7.89. The molecule has 122 valence electrons. The Bertz CT molecular complexity index is 677. The fraction of sp³-hybridized carbons (Fsp3) is 0.455. The number of hydrogen-bond acceptors (Lipinski definition) is 5. The number of aromatic nitrogens is 1. The largest absolute Gasteiger partial charge is 0.434 e. The molecule has 1 unspecified atom stereocenters. The quantitative estimate of drug-likeness (QED) is 0.833. The van der Waals surface area contributed by atoms with E-state index in [1.54, 1.807) is 0 Å².